The molecule has 1 fully saturated rings. The Morgan fingerprint density at radius 2 is 2.16 bits per heavy atom. The van der Waals surface area contributed by atoms with Crippen molar-refractivity contribution in [2.45, 2.75) is 64.3 Å². The van der Waals surface area contributed by atoms with Crippen molar-refractivity contribution in [3.63, 3.8) is 0 Å². The quantitative estimate of drug-likeness (QED) is 0.531. The number of aliphatic imine (C=N–C) groups is 1. The van der Waals surface area contributed by atoms with E-state index in [1.807, 2.05) is 12.1 Å². The van der Waals surface area contributed by atoms with E-state index in [0.717, 1.165) is 60.9 Å². The normalized spacial score (nSPS) is 23.5. The molecule has 0 spiro atoms. The van der Waals surface area contributed by atoms with Gasteiger partial charge in [-0.1, -0.05) is 19.4 Å². The summed E-state index contributed by atoms with van der Waals surface area (Å²) in [6, 6.07) is 1.92. The molecule has 2 aliphatic heterocycles. The van der Waals surface area contributed by atoms with Crippen LogP contribution in [0.25, 0.3) is 5.65 Å². The molecular weight excluding hydrogens is 407 g/mol. The third-order valence-corrected chi connectivity index (χ3v) is 6.20. The van der Waals surface area contributed by atoms with Crippen molar-refractivity contribution in [3.8, 4) is 0 Å². The third-order valence-electron chi connectivity index (χ3n) is 6.20. The van der Waals surface area contributed by atoms with E-state index in [1.54, 1.807) is 40.9 Å². The van der Waals surface area contributed by atoms with Gasteiger partial charge in [0.1, 0.15) is 6.33 Å². The fraction of sp³-hybridized carbons (Fsp3) is 0.522. The Morgan fingerprint density at radius 3 is 2.94 bits per heavy atom. The lowest BCUT2D eigenvalue weighted by Crippen LogP contribution is -2.36. The first-order valence-electron chi connectivity index (χ1n) is 11.4. The van der Waals surface area contributed by atoms with Crippen LogP contribution in [0.4, 0.5) is 4.39 Å². The largest absolute Gasteiger partial charge is 0.296 e. The van der Waals surface area contributed by atoms with Gasteiger partial charge in [0.05, 0.1) is 12.2 Å². The summed E-state index contributed by atoms with van der Waals surface area (Å²) in [5, 5.41) is 9.07. The molecule has 0 N–H and O–H groups in total. The number of fused-ring (bicyclic) bond motifs is 1. The zero-order valence-electron chi connectivity index (χ0n) is 18.7. The van der Waals surface area contributed by atoms with Crippen LogP contribution < -0.4 is 0 Å². The highest BCUT2D eigenvalue weighted by atomic mass is 19.1. The second-order valence-corrected chi connectivity index (χ2v) is 8.78. The molecular formula is C23H29FN8. The Morgan fingerprint density at radius 1 is 1.28 bits per heavy atom. The van der Waals surface area contributed by atoms with E-state index in [0.29, 0.717) is 12.8 Å². The Balaban J connectivity index is 1.48. The van der Waals surface area contributed by atoms with Crippen molar-refractivity contribution in [2.75, 3.05) is 13.1 Å². The fourth-order valence-corrected chi connectivity index (χ4v) is 4.38. The second-order valence-electron chi connectivity index (χ2n) is 8.78. The van der Waals surface area contributed by atoms with Gasteiger partial charge in [0.15, 0.2) is 23.3 Å². The smallest absolute Gasteiger partial charge is 0.178 e. The number of rotatable bonds is 7. The summed E-state index contributed by atoms with van der Waals surface area (Å²) in [6.45, 7) is 6.69. The van der Waals surface area contributed by atoms with Crippen LogP contribution in [0.5, 0.6) is 0 Å². The fourth-order valence-electron chi connectivity index (χ4n) is 4.38. The van der Waals surface area contributed by atoms with Gasteiger partial charge < -0.3 is 0 Å². The van der Waals surface area contributed by atoms with Crippen LogP contribution in [0.3, 0.4) is 0 Å². The van der Waals surface area contributed by atoms with Gasteiger partial charge in [-0.15, -0.1) is 5.10 Å². The average Bonchev–Trinajstić information content (AvgIpc) is 3.31. The lowest BCUT2D eigenvalue weighted by Gasteiger charge is -2.29. The SMILES string of the molecule is CCCc1c(Cc2ccnn2C2N=CCC=CC2(C)F)ncn2nc(CN3CCC3)nc12. The molecule has 8 nitrogen and oxygen atoms in total. The monoisotopic (exact) mass is 436 g/mol. The Kier molecular flexibility index (Phi) is 5.58. The summed E-state index contributed by atoms with van der Waals surface area (Å²) in [7, 11) is 0. The van der Waals surface area contributed by atoms with Crippen LogP contribution in [0.15, 0.2) is 35.7 Å². The maximum Gasteiger partial charge on any atom is 0.178 e. The Bertz CT molecular complexity index is 1150. The van der Waals surface area contributed by atoms with Crippen LogP contribution >= 0.6 is 0 Å². The van der Waals surface area contributed by atoms with Crippen molar-refractivity contribution < 1.29 is 4.39 Å². The highest BCUT2D eigenvalue weighted by molar-refractivity contribution is 5.60. The summed E-state index contributed by atoms with van der Waals surface area (Å²) in [5.41, 5.74) is 2.15. The molecule has 5 rings (SSSR count). The zero-order chi connectivity index (χ0) is 22.1. The predicted molar refractivity (Wildman–Crippen MR) is 121 cm³/mol. The van der Waals surface area contributed by atoms with E-state index in [4.69, 9.17) is 9.97 Å². The molecule has 0 aliphatic carbocycles. The number of likely N-dealkylation sites (tertiary alicyclic amines) is 1. The molecule has 0 saturated carbocycles. The standard InChI is InChI=1S/C23H29FN8/c1-3-7-18-19(26-16-31-21(18)28-20(29-31)15-30-12-6-13-30)14-17-8-11-27-32(17)22-23(2,24)9-4-5-10-25-22/h4,8-11,16,22H,3,5-7,12-15H2,1-2H3. The van der Waals surface area contributed by atoms with Crippen molar-refractivity contribution in [1.29, 1.82) is 0 Å². The van der Waals surface area contributed by atoms with Crippen LogP contribution in [-0.2, 0) is 19.4 Å². The molecule has 3 aromatic heterocycles. The first-order valence-corrected chi connectivity index (χ1v) is 11.4. The minimum Gasteiger partial charge on any atom is -0.296 e. The summed E-state index contributed by atoms with van der Waals surface area (Å²) in [4.78, 5) is 16.4. The number of aromatic nitrogens is 6. The summed E-state index contributed by atoms with van der Waals surface area (Å²) in [5.74, 6) is 0.832. The number of halogens is 1. The summed E-state index contributed by atoms with van der Waals surface area (Å²) < 4.78 is 18.8. The molecule has 9 heteroatoms. The topological polar surface area (TPSA) is 76.5 Å². The van der Waals surface area contributed by atoms with E-state index in [2.05, 4.69) is 27.0 Å². The first kappa shape index (κ1) is 20.9. The highest BCUT2D eigenvalue weighted by Gasteiger charge is 2.35. The van der Waals surface area contributed by atoms with Gasteiger partial charge in [-0.3, -0.25) is 9.89 Å². The minimum absolute atomic E-state index is 0.534. The number of alkyl halides is 1. The molecule has 0 radical (unpaired) electrons. The van der Waals surface area contributed by atoms with Gasteiger partial charge in [0.2, 0.25) is 0 Å². The van der Waals surface area contributed by atoms with Gasteiger partial charge in [-0.25, -0.2) is 23.6 Å². The van der Waals surface area contributed by atoms with Gasteiger partial charge >= 0.3 is 0 Å². The molecule has 32 heavy (non-hydrogen) atoms. The van der Waals surface area contributed by atoms with Crippen molar-refractivity contribution in [2.24, 2.45) is 4.99 Å². The maximum atomic E-state index is 15.3. The number of allylic oxidation sites excluding steroid dienone is 1. The van der Waals surface area contributed by atoms with Gasteiger partial charge in [-0.2, -0.15) is 5.10 Å². The molecule has 0 aromatic carbocycles. The Labute approximate surface area is 186 Å². The molecule has 0 amide bonds. The molecule has 5 heterocycles. The van der Waals surface area contributed by atoms with Crippen molar-refractivity contribution >= 4 is 11.9 Å². The van der Waals surface area contributed by atoms with Crippen LogP contribution in [0.1, 0.15) is 62.1 Å². The van der Waals surface area contributed by atoms with E-state index < -0.39 is 11.8 Å². The molecule has 2 unspecified atom stereocenters. The zero-order valence-corrected chi connectivity index (χ0v) is 18.7. The number of hydrogen-bond acceptors (Lipinski definition) is 6. The maximum absolute atomic E-state index is 15.3. The molecule has 168 valence electrons. The van der Waals surface area contributed by atoms with Crippen LogP contribution in [0.2, 0.25) is 0 Å². The van der Waals surface area contributed by atoms with Gasteiger partial charge in [0, 0.05) is 36.5 Å². The summed E-state index contributed by atoms with van der Waals surface area (Å²) >= 11 is 0. The van der Waals surface area contributed by atoms with E-state index >= 15 is 4.39 Å². The molecule has 2 atom stereocenters. The Hall–Kier alpha value is -2.94. The minimum atomic E-state index is -1.61. The van der Waals surface area contributed by atoms with Gasteiger partial charge in [0.25, 0.3) is 0 Å². The molecule has 2 aliphatic rings. The first-order chi connectivity index (χ1) is 15.5. The predicted octanol–water partition coefficient (Wildman–Crippen LogP) is 3.33. The van der Waals surface area contributed by atoms with E-state index in [-0.39, 0.29) is 0 Å². The lowest BCUT2D eigenvalue weighted by molar-refractivity contribution is 0.157. The van der Waals surface area contributed by atoms with Crippen molar-refractivity contribution in [3.05, 3.63) is 53.5 Å². The van der Waals surface area contributed by atoms with E-state index in [9.17, 15) is 0 Å². The van der Waals surface area contributed by atoms with Crippen molar-refractivity contribution in [1.82, 2.24) is 34.3 Å². The average molecular weight is 437 g/mol. The second kappa shape index (κ2) is 8.54. The molecule has 1 saturated heterocycles. The van der Waals surface area contributed by atoms with Gasteiger partial charge in [-0.05, 0) is 45.0 Å². The third kappa shape index (κ3) is 3.97. The molecule has 0 bridgehead atoms. The van der Waals surface area contributed by atoms with Crippen LogP contribution in [0, 0.1) is 0 Å². The molecule has 3 aromatic rings. The number of hydrogen-bond donors (Lipinski definition) is 0. The van der Waals surface area contributed by atoms with E-state index in [1.165, 1.54) is 6.42 Å². The van der Waals surface area contributed by atoms with Crippen LogP contribution in [-0.4, -0.2) is 59.2 Å². The number of nitrogens with zero attached hydrogens (tertiary/aromatic N) is 8. The summed E-state index contributed by atoms with van der Waals surface area (Å²) in [6.07, 6.45) is 12.1. The number of aryl methyl sites for hydroxylation is 1. The highest BCUT2D eigenvalue weighted by Crippen LogP contribution is 2.32. The lowest BCUT2D eigenvalue weighted by atomic mass is 10.0.